The Morgan fingerprint density at radius 3 is 1.38 bits per heavy atom. The number of aliphatic carboxylic acids is 1. The fraction of sp³-hybridized carbons (Fsp3) is 0.878. The number of nitrogens with two attached hydrogens (primary N) is 1. The lowest BCUT2D eigenvalue weighted by atomic mass is 10.0. The van der Waals surface area contributed by atoms with E-state index in [1.807, 2.05) is 0 Å². The third-order valence-corrected chi connectivity index (χ3v) is 10.2. The van der Waals surface area contributed by atoms with E-state index in [2.05, 4.69) is 30.5 Å². The molecule has 3 unspecified atom stereocenters. The van der Waals surface area contributed by atoms with Crippen LogP contribution in [0.15, 0.2) is 12.2 Å². The summed E-state index contributed by atoms with van der Waals surface area (Å²) in [7, 11) is -4.70. The summed E-state index contributed by atoms with van der Waals surface area (Å²) in [5.74, 6) is -2.38. The Labute approximate surface area is 322 Å². The zero-order chi connectivity index (χ0) is 39.3. The van der Waals surface area contributed by atoms with E-state index >= 15 is 0 Å². The number of allylic oxidation sites excluding steroid dienone is 2. The van der Waals surface area contributed by atoms with Crippen LogP contribution in [-0.4, -0.2) is 59.9 Å². The van der Waals surface area contributed by atoms with E-state index in [1.165, 1.54) is 109 Å². The molecule has 0 aromatic heterocycles. The van der Waals surface area contributed by atoms with Crippen molar-refractivity contribution >= 4 is 25.7 Å². The number of phosphoric acid groups is 1. The van der Waals surface area contributed by atoms with Gasteiger partial charge in [0.25, 0.3) is 0 Å². The molecule has 12 heteroatoms. The van der Waals surface area contributed by atoms with Crippen LogP contribution in [0.1, 0.15) is 200 Å². The molecular weight excluding hydrogens is 697 g/mol. The number of carbonyl (C=O) groups is 3. The van der Waals surface area contributed by atoms with Crippen molar-refractivity contribution in [1.82, 2.24) is 0 Å². The summed E-state index contributed by atoms with van der Waals surface area (Å²) in [6, 6.07) is -1.52. The molecular formula is C41H78NO10P. The van der Waals surface area contributed by atoms with Crippen molar-refractivity contribution in [3.05, 3.63) is 12.2 Å². The number of carbonyl (C=O) groups excluding carboxylic acids is 2. The van der Waals surface area contributed by atoms with E-state index in [0.29, 0.717) is 12.8 Å². The molecule has 0 saturated heterocycles. The second-order valence-electron chi connectivity index (χ2n) is 14.5. The second kappa shape index (κ2) is 37.2. The van der Waals surface area contributed by atoms with Crippen LogP contribution in [0.25, 0.3) is 0 Å². The van der Waals surface area contributed by atoms with Crippen molar-refractivity contribution in [2.75, 3.05) is 19.8 Å². The van der Waals surface area contributed by atoms with E-state index in [9.17, 15) is 23.8 Å². The van der Waals surface area contributed by atoms with Crippen LogP contribution in [0.4, 0.5) is 0 Å². The first kappa shape index (κ1) is 51.2. The van der Waals surface area contributed by atoms with E-state index < -0.39 is 51.1 Å². The van der Waals surface area contributed by atoms with Crippen molar-refractivity contribution in [3.63, 3.8) is 0 Å². The number of phosphoric ester groups is 1. The monoisotopic (exact) mass is 776 g/mol. The minimum Gasteiger partial charge on any atom is -0.480 e. The molecule has 0 heterocycles. The molecule has 0 saturated carbocycles. The molecule has 0 fully saturated rings. The quantitative estimate of drug-likeness (QED) is 0.0234. The van der Waals surface area contributed by atoms with Crippen LogP contribution in [-0.2, 0) is 37.5 Å². The molecule has 312 valence electrons. The second-order valence-corrected chi connectivity index (χ2v) is 15.9. The van der Waals surface area contributed by atoms with Crippen LogP contribution >= 0.6 is 7.82 Å². The summed E-state index contributed by atoms with van der Waals surface area (Å²) in [6.45, 7) is 2.73. The van der Waals surface area contributed by atoms with Crippen LogP contribution < -0.4 is 5.73 Å². The third-order valence-electron chi connectivity index (χ3n) is 9.26. The summed E-state index contributed by atoms with van der Waals surface area (Å²) < 4.78 is 32.5. The van der Waals surface area contributed by atoms with Crippen molar-refractivity contribution in [1.29, 1.82) is 0 Å². The molecule has 0 amide bonds. The largest absolute Gasteiger partial charge is 0.480 e. The molecule has 53 heavy (non-hydrogen) atoms. The summed E-state index contributed by atoms with van der Waals surface area (Å²) in [5.41, 5.74) is 5.31. The summed E-state index contributed by atoms with van der Waals surface area (Å²) in [6.07, 6.45) is 36.1. The Morgan fingerprint density at radius 2 is 0.943 bits per heavy atom. The van der Waals surface area contributed by atoms with Gasteiger partial charge in [-0.3, -0.25) is 23.4 Å². The topological polar surface area (TPSA) is 172 Å². The van der Waals surface area contributed by atoms with E-state index in [0.717, 1.165) is 51.4 Å². The normalized spacial score (nSPS) is 13.9. The SMILES string of the molecule is CCCCCCCCCC/C=C\CCCCCCCCCCCCCC(=O)OC(COC(=O)CCCCCCCC)COP(=O)(O)OCC(N)C(=O)O. The molecule has 0 spiro atoms. The summed E-state index contributed by atoms with van der Waals surface area (Å²) >= 11 is 0. The van der Waals surface area contributed by atoms with Gasteiger partial charge in [0.1, 0.15) is 12.6 Å². The minimum atomic E-state index is -4.70. The smallest absolute Gasteiger partial charge is 0.472 e. The Balaban J connectivity index is 4.12. The third kappa shape index (κ3) is 36.9. The van der Waals surface area contributed by atoms with E-state index in [4.69, 9.17) is 24.8 Å². The zero-order valence-electron chi connectivity index (χ0n) is 33.6. The van der Waals surface area contributed by atoms with Crippen LogP contribution in [0.5, 0.6) is 0 Å². The molecule has 0 aliphatic rings. The lowest BCUT2D eigenvalue weighted by Crippen LogP contribution is -2.34. The van der Waals surface area contributed by atoms with Crippen LogP contribution in [0.2, 0.25) is 0 Å². The lowest BCUT2D eigenvalue weighted by Gasteiger charge is -2.20. The number of carboxylic acid groups (broad SMARTS) is 1. The first-order valence-corrected chi connectivity index (χ1v) is 22.7. The van der Waals surface area contributed by atoms with Gasteiger partial charge in [-0.2, -0.15) is 0 Å². The van der Waals surface area contributed by atoms with Crippen molar-refractivity contribution in [2.24, 2.45) is 5.73 Å². The zero-order valence-corrected chi connectivity index (χ0v) is 34.5. The predicted molar refractivity (Wildman–Crippen MR) is 213 cm³/mol. The molecule has 0 bridgehead atoms. The number of hydrogen-bond acceptors (Lipinski definition) is 9. The average molecular weight is 776 g/mol. The predicted octanol–water partition coefficient (Wildman–Crippen LogP) is 10.9. The highest BCUT2D eigenvalue weighted by Crippen LogP contribution is 2.43. The van der Waals surface area contributed by atoms with Crippen molar-refractivity contribution < 1.29 is 47.5 Å². The standard InChI is InChI=1S/C41H78NO10P/c1-3-5-7-9-11-12-13-14-15-16-17-18-19-20-21-22-23-24-25-26-27-29-31-33-40(44)52-37(34-49-39(43)32-30-28-10-8-6-4-2)35-50-53(47,48)51-36-38(42)41(45)46/h16-17,37-38H,3-15,18-36,42H2,1-2H3,(H,45,46)(H,47,48)/b17-16-. The Kier molecular flexibility index (Phi) is 35.9. The molecule has 0 aliphatic carbocycles. The number of rotatable bonds is 40. The number of unbranched alkanes of at least 4 members (excludes halogenated alkanes) is 24. The molecule has 0 aromatic rings. The molecule has 4 N–H and O–H groups in total. The fourth-order valence-electron chi connectivity index (χ4n) is 5.88. The molecule has 0 aliphatic heterocycles. The van der Waals surface area contributed by atoms with E-state index in [1.54, 1.807) is 0 Å². The van der Waals surface area contributed by atoms with Gasteiger partial charge in [0.05, 0.1) is 13.2 Å². The lowest BCUT2D eigenvalue weighted by molar-refractivity contribution is -0.161. The Bertz CT molecular complexity index is 963. The van der Waals surface area contributed by atoms with Crippen molar-refractivity contribution in [3.8, 4) is 0 Å². The number of hydrogen-bond donors (Lipinski definition) is 3. The van der Waals surface area contributed by atoms with E-state index in [-0.39, 0.29) is 19.4 Å². The molecule has 11 nitrogen and oxygen atoms in total. The molecule has 3 atom stereocenters. The van der Waals surface area contributed by atoms with Gasteiger partial charge in [0.15, 0.2) is 6.10 Å². The Hall–Kier alpha value is -1.78. The van der Waals surface area contributed by atoms with Gasteiger partial charge >= 0.3 is 25.7 Å². The van der Waals surface area contributed by atoms with Gasteiger partial charge in [-0.05, 0) is 38.5 Å². The first-order valence-electron chi connectivity index (χ1n) is 21.2. The number of ether oxygens (including phenoxy) is 2. The van der Waals surface area contributed by atoms with Gasteiger partial charge < -0.3 is 25.2 Å². The van der Waals surface area contributed by atoms with Gasteiger partial charge in [0.2, 0.25) is 0 Å². The van der Waals surface area contributed by atoms with Crippen molar-refractivity contribution in [2.45, 2.75) is 212 Å². The fourth-order valence-corrected chi connectivity index (χ4v) is 6.66. The van der Waals surface area contributed by atoms with Gasteiger partial charge in [-0.25, -0.2) is 4.57 Å². The maximum atomic E-state index is 12.6. The minimum absolute atomic E-state index is 0.164. The number of carboxylic acids is 1. The Morgan fingerprint density at radius 1 is 0.566 bits per heavy atom. The highest BCUT2D eigenvalue weighted by Gasteiger charge is 2.28. The molecule has 0 rings (SSSR count). The maximum absolute atomic E-state index is 12.6. The maximum Gasteiger partial charge on any atom is 0.472 e. The highest BCUT2D eigenvalue weighted by molar-refractivity contribution is 7.47. The van der Waals surface area contributed by atoms with Crippen LogP contribution in [0.3, 0.4) is 0 Å². The molecule has 0 aromatic carbocycles. The number of esters is 2. The first-order chi connectivity index (χ1) is 25.6. The van der Waals surface area contributed by atoms with Gasteiger partial charge in [-0.1, -0.05) is 161 Å². The van der Waals surface area contributed by atoms with Gasteiger partial charge in [-0.15, -0.1) is 0 Å². The summed E-state index contributed by atoms with van der Waals surface area (Å²) in [5, 5.41) is 8.85. The summed E-state index contributed by atoms with van der Waals surface area (Å²) in [4.78, 5) is 45.6. The van der Waals surface area contributed by atoms with Gasteiger partial charge in [0, 0.05) is 12.8 Å². The molecule has 0 radical (unpaired) electrons. The average Bonchev–Trinajstić information content (AvgIpc) is 3.13. The highest BCUT2D eigenvalue weighted by atomic mass is 31.2. The van der Waals surface area contributed by atoms with Crippen LogP contribution in [0, 0.1) is 0 Å².